The van der Waals surface area contributed by atoms with Crippen LogP contribution >= 0.6 is 0 Å². The molecule has 0 aliphatic heterocycles. The summed E-state index contributed by atoms with van der Waals surface area (Å²) in [7, 11) is 0. The highest BCUT2D eigenvalue weighted by Crippen LogP contribution is 2.13. The number of aliphatic hydroxyl groups is 1. The average Bonchev–Trinajstić information content (AvgIpc) is 2.36. The Hall–Kier alpha value is -1.55. The van der Waals surface area contributed by atoms with Gasteiger partial charge in [0, 0.05) is 6.54 Å². The first-order valence-electron chi connectivity index (χ1n) is 5.91. The first kappa shape index (κ1) is 13.5. The van der Waals surface area contributed by atoms with Gasteiger partial charge in [-0.05, 0) is 24.5 Å². The Balaban J connectivity index is 2.51. The maximum atomic E-state index is 11.4. The number of benzene rings is 1. The summed E-state index contributed by atoms with van der Waals surface area (Å²) in [5, 5.41) is 13.9. The lowest BCUT2D eigenvalue weighted by molar-refractivity contribution is 0.231. The number of amides is 2. The van der Waals surface area contributed by atoms with Crippen LogP contribution in [0.25, 0.3) is 0 Å². The van der Waals surface area contributed by atoms with Crippen LogP contribution in [0.1, 0.15) is 31.0 Å². The quantitative estimate of drug-likeness (QED) is 0.727. The Morgan fingerprint density at radius 3 is 2.53 bits per heavy atom. The third-order valence-corrected chi connectivity index (χ3v) is 2.63. The summed E-state index contributed by atoms with van der Waals surface area (Å²) in [4.78, 5) is 11.4. The van der Waals surface area contributed by atoms with Crippen LogP contribution in [0.2, 0.25) is 0 Å². The zero-order chi connectivity index (χ0) is 12.7. The van der Waals surface area contributed by atoms with Crippen LogP contribution < -0.4 is 10.6 Å². The maximum Gasteiger partial charge on any atom is 0.315 e. The van der Waals surface area contributed by atoms with Gasteiger partial charge in [-0.15, -0.1) is 0 Å². The summed E-state index contributed by atoms with van der Waals surface area (Å²) >= 11 is 0. The Kier molecular flexibility index (Phi) is 5.49. The number of hydrogen-bond acceptors (Lipinski definition) is 2. The van der Waals surface area contributed by atoms with Crippen molar-refractivity contribution >= 4 is 6.03 Å². The van der Waals surface area contributed by atoms with E-state index in [1.165, 1.54) is 5.56 Å². The number of aryl methyl sites for hydroxylation is 1. The van der Waals surface area contributed by atoms with Gasteiger partial charge < -0.3 is 15.7 Å². The topological polar surface area (TPSA) is 61.4 Å². The van der Waals surface area contributed by atoms with Crippen molar-refractivity contribution in [3.63, 3.8) is 0 Å². The lowest BCUT2D eigenvalue weighted by Gasteiger charge is -2.15. The monoisotopic (exact) mass is 236 g/mol. The lowest BCUT2D eigenvalue weighted by atomic mass is 10.1. The number of carbonyl (C=O) groups is 1. The molecule has 94 valence electrons. The molecular weight excluding hydrogens is 216 g/mol. The van der Waals surface area contributed by atoms with E-state index in [4.69, 9.17) is 5.11 Å². The van der Waals surface area contributed by atoms with E-state index in [0.717, 1.165) is 12.0 Å². The van der Waals surface area contributed by atoms with Crippen molar-refractivity contribution in [2.75, 3.05) is 13.2 Å². The molecule has 2 amide bonds. The second kappa shape index (κ2) is 6.91. The van der Waals surface area contributed by atoms with Crippen molar-refractivity contribution in [2.24, 2.45) is 0 Å². The van der Waals surface area contributed by atoms with Crippen LogP contribution in [0.5, 0.6) is 0 Å². The summed E-state index contributed by atoms with van der Waals surface area (Å²) in [5.74, 6) is 0. The van der Waals surface area contributed by atoms with Gasteiger partial charge in [-0.3, -0.25) is 0 Å². The van der Waals surface area contributed by atoms with Crippen LogP contribution in [0.3, 0.4) is 0 Å². The highest BCUT2D eigenvalue weighted by Gasteiger charge is 2.08. The second-order valence-electron chi connectivity index (χ2n) is 3.94. The molecule has 1 aromatic rings. The maximum absolute atomic E-state index is 11.4. The zero-order valence-corrected chi connectivity index (χ0v) is 10.4. The van der Waals surface area contributed by atoms with Crippen LogP contribution in [-0.2, 0) is 6.42 Å². The summed E-state index contributed by atoms with van der Waals surface area (Å²) in [6, 6.07) is 7.88. The van der Waals surface area contributed by atoms with Crippen LogP contribution in [-0.4, -0.2) is 24.3 Å². The fraction of sp³-hybridized carbons (Fsp3) is 0.462. The minimum Gasteiger partial charge on any atom is -0.395 e. The van der Waals surface area contributed by atoms with Crippen LogP contribution in [0, 0.1) is 0 Å². The molecule has 4 heteroatoms. The number of rotatable bonds is 5. The largest absolute Gasteiger partial charge is 0.395 e. The minimum absolute atomic E-state index is 0.0420. The predicted octanol–water partition coefficient (Wildman–Crippen LogP) is 1.60. The third-order valence-electron chi connectivity index (χ3n) is 2.63. The number of aliphatic hydroxyl groups excluding tert-OH is 1. The van der Waals surface area contributed by atoms with Gasteiger partial charge in [-0.2, -0.15) is 0 Å². The molecule has 0 fully saturated rings. The van der Waals surface area contributed by atoms with Gasteiger partial charge in [0.25, 0.3) is 0 Å². The van der Waals surface area contributed by atoms with Gasteiger partial charge in [0.2, 0.25) is 0 Å². The molecule has 0 radical (unpaired) electrons. The van der Waals surface area contributed by atoms with Gasteiger partial charge in [0.15, 0.2) is 0 Å². The molecular formula is C13H20N2O2. The highest BCUT2D eigenvalue weighted by atomic mass is 16.3. The van der Waals surface area contributed by atoms with E-state index < -0.39 is 0 Å². The van der Waals surface area contributed by atoms with E-state index in [0.29, 0.717) is 0 Å². The Labute approximate surface area is 102 Å². The molecule has 0 bridgehead atoms. The molecule has 0 heterocycles. The fourth-order valence-corrected chi connectivity index (χ4v) is 1.54. The zero-order valence-electron chi connectivity index (χ0n) is 10.4. The van der Waals surface area contributed by atoms with Crippen molar-refractivity contribution in [1.82, 2.24) is 10.6 Å². The first-order chi connectivity index (χ1) is 8.17. The summed E-state index contributed by atoms with van der Waals surface area (Å²) in [6.07, 6.45) is 1.01. The van der Waals surface area contributed by atoms with Crippen molar-refractivity contribution in [2.45, 2.75) is 26.3 Å². The van der Waals surface area contributed by atoms with Crippen LogP contribution in [0.4, 0.5) is 4.79 Å². The second-order valence-corrected chi connectivity index (χ2v) is 3.94. The van der Waals surface area contributed by atoms with Crippen LogP contribution in [0.15, 0.2) is 24.3 Å². The molecule has 4 nitrogen and oxygen atoms in total. The van der Waals surface area contributed by atoms with Crippen molar-refractivity contribution in [3.8, 4) is 0 Å². The minimum atomic E-state index is -0.258. The number of hydrogen-bond donors (Lipinski definition) is 3. The van der Waals surface area contributed by atoms with E-state index in [1.54, 1.807) is 0 Å². The molecule has 1 rings (SSSR count). The molecule has 1 atom stereocenters. The van der Waals surface area contributed by atoms with E-state index in [2.05, 4.69) is 29.7 Å². The Bertz CT molecular complexity index is 349. The SMILES string of the molecule is CCc1ccc(C(C)NC(=O)NCCO)cc1. The number of carbonyl (C=O) groups excluding carboxylic acids is 1. The summed E-state index contributed by atoms with van der Waals surface area (Å²) in [5.41, 5.74) is 2.35. The smallest absolute Gasteiger partial charge is 0.315 e. The Morgan fingerprint density at radius 2 is 2.00 bits per heavy atom. The predicted molar refractivity (Wildman–Crippen MR) is 67.9 cm³/mol. The fourth-order valence-electron chi connectivity index (χ4n) is 1.54. The molecule has 1 aromatic carbocycles. The van der Waals surface area contributed by atoms with E-state index >= 15 is 0 Å². The molecule has 0 saturated heterocycles. The lowest BCUT2D eigenvalue weighted by Crippen LogP contribution is -2.38. The van der Waals surface area contributed by atoms with Gasteiger partial charge in [-0.1, -0.05) is 31.2 Å². The molecule has 0 aliphatic rings. The molecule has 17 heavy (non-hydrogen) atoms. The normalized spacial score (nSPS) is 11.9. The van der Waals surface area contributed by atoms with Crippen molar-refractivity contribution in [1.29, 1.82) is 0 Å². The third kappa shape index (κ3) is 4.44. The van der Waals surface area contributed by atoms with Gasteiger partial charge in [-0.25, -0.2) is 4.79 Å². The molecule has 0 spiro atoms. The summed E-state index contributed by atoms with van der Waals surface area (Å²) in [6.45, 7) is 4.26. The van der Waals surface area contributed by atoms with Crippen molar-refractivity contribution in [3.05, 3.63) is 35.4 Å². The molecule has 0 aromatic heterocycles. The Morgan fingerprint density at radius 1 is 1.35 bits per heavy atom. The standard InChI is InChI=1S/C13H20N2O2/c1-3-11-4-6-12(7-5-11)10(2)15-13(17)14-8-9-16/h4-7,10,16H,3,8-9H2,1-2H3,(H2,14,15,17). The van der Waals surface area contributed by atoms with Gasteiger partial charge in [0.05, 0.1) is 12.6 Å². The highest BCUT2D eigenvalue weighted by molar-refractivity contribution is 5.74. The summed E-state index contributed by atoms with van der Waals surface area (Å²) < 4.78 is 0. The first-order valence-corrected chi connectivity index (χ1v) is 5.91. The average molecular weight is 236 g/mol. The molecule has 1 unspecified atom stereocenters. The molecule has 0 saturated carbocycles. The number of urea groups is 1. The van der Waals surface area contributed by atoms with E-state index in [1.807, 2.05) is 19.1 Å². The van der Waals surface area contributed by atoms with Gasteiger partial charge >= 0.3 is 6.03 Å². The van der Waals surface area contributed by atoms with Gasteiger partial charge in [0.1, 0.15) is 0 Å². The van der Waals surface area contributed by atoms with E-state index in [-0.39, 0.29) is 25.2 Å². The van der Waals surface area contributed by atoms with E-state index in [9.17, 15) is 4.79 Å². The molecule has 3 N–H and O–H groups in total. The molecule has 0 aliphatic carbocycles. The van der Waals surface area contributed by atoms with Crippen molar-refractivity contribution < 1.29 is 9.90 Å². The number of nitrogens with one attached hydrogen (secondary N) is 2.